The molecule has 0 bridgehead atoms. The Morgan fingerprint density at radius 2 is 1.90 bits per heavy atom. The molecule has 2 rings (SSSR count). The lowest BCUT2D eigenvalue weighted by molar-refractivity contribution is 0.137. The summed E-state index contributed by atoms with van der Waals surface area (Å²) in [5.74, 6) is 0.913. The second-order valence-corrected chi connectivity index (χ2v) is 9.91. The van der Waals surface area contributed by atoms with Crippen molar-refractivity contribution in [2.75, 3.05) is 0 Å². The van der Waals surface area contributed by atoms with E-state index in [1.54, 1.807) is 0 Å². The van der Waals surface area contributed by atoms with E-state index in [2.05, 4.69) is 64.0 Å². The Balaban J connectivity index is 1.77. The molecule has 0 saturated heterocycles. The first-order valence-electron chi connectivity index (χ1n) is 7.59. The standard InChI is InChI=1S/C16H25Br2NS/c1-4-16(2,3)11-5-7-12(8-6-11)19-10-13-9-14(17)15(18)20-13/h9,11-12,19H,4-8,10H2,1-3H3. The third-order valence-corrected chi connectivity index (χ3v) is 8.26. The second kappa shape index (κ2) is 7.26. The zero-order chi connectivity index (χ0) is 14.8. The summed E-state index contributed by atoms with van der Waals surface area (Å²) in [6.07, 6.45) is 6.74. The predicted octanol–water partition coefficient (Wildman–Crippen LogP) is 6.36. The number of thiophene rings is 1. The second-order valence-electron chi connectivity index (χ2n) is 6.61. The van der Waals surface area contributed by atoms with Gasteiger partial charge in [-0.05, 0) is 74.9 Å². The normalized spacial score (nSPS) is 24.1. The van der Waals surface area contributed by atoms with Crippen molar-refractivity contribution in [3.63, 3.8) is 0 Å². The minimum absolute atomic E-state index is 0.522. The quantitative estimate of drug-likeness (QED) is 0.582. The van der Waals surface area contributed by atoms with Crippen molar-refractivity contribution in [2.24, 2.45) is 11.3 Å². The lowest BCUT2D eigenvalue weighted by atomic mass is 9.69. The molecule has 0 amide bonds. The molecule has 0 unspecified atom stereocenters. The van der Waals surface area contributed by atoms with E-state index in [0.29, 0.717) is 11.5 Å². The van der Waals surface area contributed by atoms with E-state index in [1.807, 2.05) is 11.3 Å². The first kappa shape index (κ1) is 17.0. The van der Waals surface area contributed by atoms with Crippen LogP contribution in [0.4, 0.5) is 0 Å². The van der Waals surface area contributed by atoms with Crippen molar-refractivity contribution in [1.82, 2.24) is 5.32 Å². The van der Waals surface area contributed by atoms with Gasteiger partial charge in [0.05, 0.1) is 3.79 Å². The molecular formula is C16H25Br2NS. The number of hydrogen-bond acceptors (Lipinski definition) is 2. The van der Waals surface area contributed by atoms with Crippen molar-refractivity contribution in [1.29, 1.82) is 0 Å². The summed E-state index contributed by atoms with van der Waals surface area (Å²) in [7, 11) is 0. The summed E-state index contributed by atoms with van der Waals surface area (Å²) in [5, 5.41) is 3.74. The first-order chi connectivity index (χ1) is 9.42. The molecule has 1 aromatic heterocycles. The van der Waals surface area contributed by atoms with E-state index in [9.17, 15) is 0 Å². The Morgan fingerprint density at radius 1 is 1.25 bits per heavy atom. The molecule has 4 heteroatoms. The Labute approximate surface area is 144 Å². The van der Waals surface area contributed by atoms with E-state index in [0.717, 1.165) is 12.5 Å². The zero-order valence-corrected chi connectivity index (χ0v) is 16.6. The van der Waals surface area contributed by atoms with Crippen molar-refractivity contribution in [3.8, 4) is 0 Å². The van der Waals surface area contributed by atoms with Gasteiger partial charge in [0.1, 0.15) is 0 Å². The van der Waals surface area contributed by atoms with Crippen LogP contribution in [-0.2, 0) is 6.54 Å². The molecule has 1 aliphatic rings. The van der Waals surface area contributed by atoms with Gasteiger partial charge in [0, 0.05) is 21.9 Å². The molecule has 0 atom stereocenters. The predicted molar refractivity (Wildman–Crippen MR) is 96.4 cm³/mol. The maximum Gasteiger partial charge on any atom is 0.0843 e. The summed E-state index contributed by atoms with van der Waals surface area (Å²) < 4.78 is 2.37. The SMILES string of the molecule is CCC(C)(C)C1CCC(NCc2cc(Br)c(Br)s2)CC1. The highest BCUT2D eigenvalue weighted by molar-refractivity contribution is 9.13. The molecule has 1 nitrogen and oxygen atoms in total. The van der Waals surface area contributed by atoms with Gasteiger partial charge in [-0.25, -0.2) is 0 Å². The van der Waals surface area contributed by atoms with Crippen LogP contribution in [0.3, 0.4) is 0 Å². The molecule has 1 aromatic rings. The Morgan fingerprint density at radius 3 is 2.40 bits per heavy atom. The van der Waals surface area contributed by atoms with Gasteiger partial charge in [-0.3, -0.25) is 0 Å². The molecule has 0 aromatic carbocycles. The van der Waals surface area contributed by atoms with Crippen molar-refractivity contribution in [2.45, 2.75) is 65.5 Å². The van der Waals surface area contributed by atoms with Crippen molar-refractivity contribution in [3.05, 3.63) is 19.2 Å². The van der Waals surface area contributed by atoms with Gasteiger partial charge in [0.2, 0.25) is 0 Å². The molecule has 0 radical (unpaired) electrons. The van der Waals surface area contributed by atoms with Gasteiger partial charge in [-0.15, -0.1) is 11.3 Å². The highest BCUT2D eigenvalue weighted by Crippen LogP contribution is 2.40. The van der Waals surface area contributed by atoms with Crippen LogP contribution in [0.15, 0.2) is 14.3 Å². The lowest BCUT2D eigenvalue weighted by Crippen LogP contribution is -2.36. The highest BCUT2D eigenvalue weighted by Gasteiger charge is 2.31. The molecule has 0 spiro atoms. The summed E-state index contributed by atoms with van der Waals surface area (Å²) in [6.45, 7) is 8.20. The molecule has 20 heavy (non-hydrogen) atoms. The molecule has 1 saturated carbocycles. The number of nitrogens with one attached hydrogen (secondary N) is 1. The number of halogens is 2. The third-order valence-electron chi connectivity index (χ3n) is 5.00. The van der Waals surface area contributed by atoms with Crippen LogP contribution in [0.1, 0.15) is 57.8 Å². The minimum atomic E-state index is 0.522. The fraction of sp³-hybridized carbons (Fsp3) is 0.750. The van der Waals surface area contributed by atoms with Crippen LogP contribution in [0.5, 0.6) is 0 Å². The molecule has 1 fully saturated rings. The third kappa shape index (κ3) is 4.31. The van der Waals surface area contributed by atoms with Crippen LogP contribution in [0, 0.1) is 11.3 Å². The highest BCUT2D eigenvalue weighted by atomic mass is 79.9. The Hall–Kier alpha value is 0.620. The molecule has 1 aliphatic carbocycles. The smallest absolute Gasteiger partial charge is 0.0843 e. The van der Waals surface area contributed by atoms with Crippen molar-refractivity contribution >= 4 is 43.2 Å². The van der Waals surface area contributed by atoms with E-state index in [4.69, 9.17) is 0 Å². The van der Waals surface area contributed by atoms with Gasteiger partial charge < -0.3 is 5.32 Å². The maximum absolute atomic E-state index is 3.74. The van der Waals surface area contributed by atoms with Gasteiger partial charge in [0.15, 0.2) is 0 Å². The average Bonchev–Trinajstić information content (AvgIpc) is 2.76. The maximum atomic E-state index is 3.74. The molecule has 1 N–H and O–H groups in total. The first-order valence-corrected chi connectivity index (χ1v) is 9.99. The summed E-state index contributed by atoms with van der Waals surface area (Å²) in [6, 6.07) is 2.92. The van der Waals surface area contributed by atoms with Crippen LogP contribution >= 0.6 is 43.2 Å². The van der Waals surface area contributed by atoms with Gasteiger partial charge in [-0.2, -0.15) is 0 Å². The van der Waals surface area contributed by atoms with Crippen LogP contribution < -0.4 is 5.32 Å². The molecule has 0 aliphatic heterocycles. The van der Waals surface area contributed by atoms with Crippen LogP contribution in [-0.4, -0.2) is 6.04 Å². The van der Waals surface area contributed by atoms with E-state index in [-0.39, 0.29) is 0 Å². The van der Waals surface area contributed by atoms with E-state index < -0.39 is 0 Å². The largest absolute Gasteiger partial charge is 0.309 e. The monoisotopic (exact) mass is 421 g/mol. The Bertz CT molecular complexity index is 414. The summed E-state index contributed by atoms with van der Waals surface area (Å²) >= 11 is 8.94. The van der Waals surface area contributed by atoms with Crippen LogP contribution in [0.2, 0.25) is 0 Å². The molecule has 114 valence electrons. The van der Waals surface area contributed by atoms with Gasteiger partial charge in [0.25, 0.3) is 0 Å². The fourth-order valence-corrected chi connectivity index (χ4v) is 5.22. The van der Waals surface area contributed by atoms with Crippen molar-refractivity contribution < 1.29 is 0 Å². The Kier molecular flexibility index (Phi) is 6.16. The van der Waals surface area contributed by atoms with Crippen LogP contribution in [0.25, 0.3) is 0 Å². The van der Waals surface area contributed by atoms with Gasteiger partial charge >= 0.3 is 0 Å². The zero-order valence-electron chi connectivity index (χ0n) is 12.6. The lowest BCUT2D eigenvalue weighted by Gasteiger charge is -2.39. The van der Waals surface area contributed by atoms with E-state index >= 15 is 0 Å². The summed E-state index contributed by atoms with van der Waals surface area (Å²) in [5.41, 5.74) is 0.522. The van der Waals surface area contributed by atoms with E-state index in [1.165, 1.54) is 45.2 Å². The summed E-state index contributed by atoms with van der Waals surface area (Å²) in [4.78, 5) is 1.40. The minimum Gasteiger partial charge on any atom is -0.309 e. The average molecular weight is 423 g/mol. The number of hydrogen-bond donors (Lipinski definition) is 1. The fourth-order valence-electron chi connectivity index (χ4n) is 3.09. The number of rotatable bonds is 5. The molecule has 1 heterocycles. The van der Waals surface area contributed by atoms with Gasteiger partial charge in [-0.1, -0.05) is 27.2 Å². The molecular weight excluding hydrogens is 398 g/mol. The topological polar surface area (TPSA) is 12.0 Å².